The quantitative estimate of drug-likeness (QED) is 0.629. The molecule has 102 valence electrons. The van der Waals surface area contributed by atoms with Gasteiger partial charge in [-0.05, 0) is 50.1 Å². The van der Waals surface area contributed by atoms with Crippen molar-refractivity contribution in [3.63, 3.8) is 0 Å². The lowest BCUT2D eigenvalue weighted by molar-refractivity contribution is 0.475. The molecule has 0 spiro atoms. The lowest BCUT2D eigenvalue weighted by Gasteiger charge is -2.07. The van der Waals surface area contributed by atoms with Crippen molar-refractivity contribution in [2.24, 2.45) is 4.99 Å². The van der Waals surface area contributed by atoms with Crippen molar-refractivity contribution in [3.8, 4) is 5.75 Å². The maximum absolute atomic E-state index is 9.42. The van der Waals surface area contributed by atoms with Gasteiger partial charge in [0.15, 0.2) is 5.84 Å². The van der Waals surface area contributed by atoms with Crippen LogP contribution in [0, 0.1) is 19.3 Å². The fourth-order valence-corrected chi connectivity index (χ4v) is 2.06. The van der Waals surface area contributed by atoms with Crippen LogP contribution in [-0.4, -0.2) is 16.7 Å². The number of aromatic hydroxyl groups is 1. The zero-order valence-electron chi connectivity index (χ0n) is 11.9. The Morgan fingerprint density at radius 2 is 1.70 bits per heavy atom. The molecule has 0 atom stereocenters. The van der Waals surface area contributed by atoms with E-state index in [9.17, 15) is 5.11 Å². The number of hydrogen-bond donors (Lipinski definition) is 2. The molecule has 20 heavy (non-hydrogen) atoms. The van der Waals surface area contributed by atoms with Gasteiger partial charge in [-0.15, -0.1) is 0 Å². The van der Waals surface area contributed by atoms with Crippen LogP contribution >= 0.6 is 0 Å². The van der Waals surface area contributed by atoms with E-state index >= 15 is 0 Å². The van der Waals surface area contributed by atoms with E-state index in [4.69, 9.17) is 5.41 Å². The van der Waals surface area contributed by atoms with Gasteiger partial charge < -0.3 is 5.11 Å². The van der Waals surface area contributed by atoms with Gasteiger partial charge in [0.2, 0.25) is 0 Å². The van der Waals surface area contributed by atoms with Crippen LogP contribution in [-0.2, 0) is 0 Å². The molecule has 0 fully saturated rings. The third-order valence-electron chi connectivity index (χ3n) is 3.20. The van der Waals surface area contributed by atoms with Gasteiger partial charge in [0.05, 0.1) is 0 Å². The monoisotopic (exact) mass is 266 g/mol. The zero-order valence-corrected chi connectivity index (χ0v) is 11.9. The van der Waals surface area contributed by atoms with E-state index in [1.54, 1.807) is 12.1 Å². The smallest absolute Gasteiger partial charge is 0.152 e. The van der Waals surface area contributed by atoms with Gasteiger partial charge in [0, 0.05) is 11.3 Å². The largest absolute Gasteiger partial charge is 0.508 e. The summed E-state index contributed by atoms with van der Waals surface area (Å²) in [6, 6.07) is 12.9. The van der Waals surface area contributed by atoms with Crippen molar-refractivity contribution in [1.82, 2.24) is 0 Å². The molecule has 0 aliphatic rings. The highest BCUT2D eigenvalue weighted by molar-refractivity contribution is 6.10. The fraction of sp³-hybridized carbons (Fsp3) is 0.176. The third-order valence-corrected chi connectivity index (χ3v) is 3.20. The lowest BCUT2D eigenvalue weighted by atomic mass is 10.0. The summed E-state index contributed by atoms with van der Waals surface area (Å²) >= 11 is 0. The lowest BCUT2D eigenvalue weighted by Crippen LogP contribution is -2.03. The van der Waals surface area contributed by atoms with Gasteiger partial charge in [-0.2, -0.15) is 0 Å². The molecule has 0 aromatic heterocycles. The summed E-state index contributed by atoms with van der Waals surface area (Å²) in [6.45, 7) is 5.81. The SMILES string of the molecule is CC(=NC(=N)c1ccc(C)cc1)c1ccc(O)cc1C. The van der Waals surface area contributed by atoms with Crippen molar-refractivity contribution in [1.29, 1.82) is 5.41 Å². The van der Waals surface area contributed by atoms with Crippen molar-refractivity contribution >= 4 is 11.5 Å². The Hall–Kier alpha value is -2.42. The van der Waals surface area contributed by atoms with E-state index in [1.165, 1.54) is 0 Å². The molecule has 0 unspecified atom stereocenters. The van der Waals surface area contributed by atoms with Gasteiger partial charge in [-0.1, -0.05) is 29.8 Å². The summed E-state index contributed by atoms with van der Waals surface area (Å²) < 4.78 is 0. The number of phenols is 1. The second kappa shape index (κ2) is 5.70. The van der Waals surface area contributed by atoms with Gasteiger partial charge in [-0.25, -0.2) is 4.99 Å². The number of phenolic OH excluding ortho intramolecular Hbond substituents is 1. The van der Waals surface area contributed by atoms with Crippen LogP contribution in [0.25, 0.3) is 0 Å². The van der Waals surface area contributed by atoms with E-state index in [0.717, 1.165) is 28.0 Å². The number of aryl methyl sites for hydroxylation is 2. The van der Waals surface area contributed by atoms with Crippen LogP contribution < -0.4 is 0 Å². The summed E-state index contributed by atoms with van der Waals surface area (Å²) in [6.07, 6.45) is 0. The highest BCUT2D eigenvalue weighted by Crippen LogP contribution is 2.17. The van der Waals surface area contributed by atoms with Crippen LogP contribution in [0.15, 0.2) is 47.5 Å². The summed E-state index contributed by atoms with van der Waals surface area (Å²) in [7, 11) is 0. The van der Waals surface area contributed by atoms with E-state index < -0.39 is 0 Å². The molecule has 3 heteroatoms. The van der Waals surface area contributed by atoms with Crippen molar-refractivity contribution in [3.05, 3.63) is 64.7 Å². The van der Waals surface area contributed by atoms with Gasteiger partial charge in [0.1, 0.15) is 5.75 Å². The first-order valence-corrected chi connectivity index (χ1v) is 6.48. The van der Waals surface area contributed by atoms with Gasteiger partial charge in [0.25, 0.3) is 0 Å². The number of nitrogens with zero attached hydrogens (tertiary/aromatic N) is 1. The number of aliphatic imine (C=N–C) groups is 1. The highest BCUT2D eigenvalue weighted by atomic mass is 16.3. The standard InChI is InChI=1S/C17H18N2O/c1-11-4-6-14(7-5-11)17(18)19-13(3)16-9-8-15(20)10-12(16)2/h4-10,18,20H,1-3H3. The molecule has 2 rings (SSSR count). The van der Waals surface area contributed by atoms with Crippen LogP contribution in [0.3, 0.4) is 0 Å². The Bertz CT molecular complexity index is 670. The van der Waals surface area contributed by atoms with Gasteiger partial charge in [-0.3, -0.25) is 5.41 Å². The highest BCUT2D eigenvalue weighted by Gasteiger charge is 2.05. The molecule has 0 saturated heterocycles. The first-order chi connectivity index (χ1) is 9.47. The molecule has 3 nitrogen and oxygen atoms in total. The third kappa shape index (κ3) is 3.12. The predicted molar refractivity (Wildman–Crippen MR) is 83.1 cm³/mol. The predicted octanol–water partition coefficient (Wildman–Crippen LogP) is 3.84. The Labute approximate surface area is 119 Å². The van der Waals surface area contributed by atoms with Crippen LogP contribution in [0.5, 0.6) is 5.75 Å². The number of rotatable bonds is 2. The molecule has 2 aromatic rings. The van der Waals surface area contributed by atoms with E-state index in [2.05, 4.69) is 4.99 Å². The van der Waals surface area contributed by atoms with Gasteiger partial charge >= 0.3 is 0 Å². The second-order valence-corrected chi connectivity index (χ2v) is 4.91. The molecule has 0 radical (unpaired) electrons. The molecule has 2 N–H and O–H groups in total. The Morgan fingerprint density at radius 3 is 2.30 bits per heavy atom. The fourth-order valence-electron chi connectivity index (χ4n) is 2.06. The first kappa shape index (κ1) is 14.0. The van der Waals surface area contributed by atoms with Crippen molar-refractivity contribution in [2.45, 2.75) is 20.8 Å². The summed E-state index contributed by atoms with van der Waals surface area (Å²) in [4.78, 5) is 4.36. The Balaban J connectivity index is 2.29. The van der Waals surface area contributed by atoms with Crippen LogP contribution in [0.2, 0.25) is 0 Å². The topological polar surface area (TPSA) is 56.4 Å². The molecule has 0 aliphatic heterocycles. The van der Waals surface area contributed by atoms with Crippen molar-refractivity contribution < 1.29 is 5.11 Å². The van der Waals surface area contributed by atoms with E-state index in [0.29, 0.717) is 0 Å². The molecule has 2 aromatic carbocycles. The van der Waals surface area contributed by atoms with Crippen LogP contribution in [0.1, 0.15) is 29.2 Å². The van der Waals surface area contributed by atoms with E-state index in [-0.39, 0.29) is 11.6 Å². The Kier molecular flexibility index (Phi) is 3.99. The van der Waals surface area contributed by atoms with Crippen LogP contribution in [0.4, 0.5) is 0 Å². The minimum Gasteiger partial charge on any atom is -0.508 e. The molecule has 0 aliphatic carbocycles. The molecule has 0 heterocycles. The average Bonchev–Trinajstić information content (AvgIpc) is 2.39. The van der Waals surface area contributed by atoms with Crippen molar-refractivity contribution in [2.75, 3.05) is 0 Å². The zero-order chi connectivity index (χ0) is 14.7. The first-order valence-electron chi connectivity index (χ1n) is 6.48. The number of amidine groups is 1. The molecule has 0 saturated carbocycles. The summed E-state index contributed by atoms with van der Waals surface area (Å²) in [5.41, 5.74) is 4.62. The number of nitrogens with one attached hydrogen (secondary N) is 1. The number of hydrogen-bond acceptors (Lipinski definition) is 2. The molecule has 0 bridgehead atoms. The summed E-state index contributed by atoms with van der Waals surface area (Å²) in [5, 5.41) is 17.5. The average molecular weight is 266 g/mol. The maximum Gasteiger partial charge on any atom is 0.152 e. The number of benzene rings is 2. The second-order valence-electron chi connectivity index (χ2n) is 4.91. The normalized spacial score (nSPS) is 11.4. The van der Waals surface area contributed by atoms with E-state index in [1.807, 2.05) is 51.1 Å². The summed E-state index contributed by atoms with van der Waals surface area (Å²) in [5.74, 6) is 0.489. The maximum atomic E-state index is 9.42. The Morgan fingerprint density at radius 1 is 1.05 bits per heavy atom. The molecule has 0 amide bonds. The minimum absolute atomic E-state index is 0.243. The molecular weight excluding hydrogens is 248 g/mol. The molecular formula is C17H18N2O. The minimum atomic E-state index is 0.243.